The van der Waals surface area contributed by atoms with E-state index in [0.717, 1.165) is 47.2 Å². The average molecular weight is 444 g/mol. The van der Waals surface area contributed by atoms with Gasteiger partial charge in [-0.25, -0.2) is 4.98 Å². The predicted molar refractivity (Wildman–Crippen MR) is 122 cm³/mol. The van der Waals surface area contributed by atoms with Crippen LogP contribution in [0.5, 0.6) is 5.75 Å². The second-order valence-electron chi connectivity index (χ2n) is 7.39. The number of thioether (sulfide) groups is 1. The number of hydrogen-bond acceptors (Lipinski definition) is 6. The summed E-state index contributed by atoms with van der Waals surface area (Å²) in [6.07, 6.45) is 5.07. The number of nitrogens with zero attached hydrogens (tertiary/aromatic N) is 2. The molecule has 3 aromatic rings. The molecule has 0 aliphatic heterocycles. The van der Waals surface area contributed by atoms with Gasteiger partial charge in [-0.1, -0.05) is 23.9 Å². The van der Waals surface area contributed by atoms with Crippen molar-refractivity contribution in [1.82, 2.24) is 14.9 Å². The highest BCUT2D eigenvalue weighted by atomic mass is 32.2. The third-order valence-electron chi connectivity index (χ3n) is 5.38. The summed E-state index contributed by atoms with van der Waals surface area (Å²) in [6.45, 7) is 0.564. The van der Waals surface area contributed by atoms with Crippen LogP contribution in [0, 0.1) is 0 Å². The zero-order valence-corrected chi connectivity index (χ0v) is 18.8. The van der Waals surface area contributed by atoms with Gasteiger partial charge in [0.15, 0.2) is 5.16 Å². The lowest BCUT2D eigenvalue weighted by molar-refractivity contribution is -0.118. The Kier molecular flexibility index (Phi) is 6.43. The Morgan fingerprint density at radius 1 is 1.27 bits per heavy atom. The van der Waals surface area contributed by atoms with Crippen molar-refractivity contribution in [2.24, 2.45) is 7.05 Å². The normalized spacial score (nSPS) is 13.3. The van der Waals surface area contributed by atoms with Crippen molar-refractivity contribution in [2.75, 3.05) is 19.4 Å². The highest BCUT2D eigenvalue weighted by Crippen LogP contribution is 2.34. The maximum atomic E-state index is 12.9. The van der Waals surface area contributed by atoms with Crippen LogP contribution < -0.4 is 15.6 Å². The lowest BCUT2D eigenvalue weighted by atomic mass is 9.97. The molecule has 0 fully saturated rings. The number of thiophene rings is 1. The van der Waals surface area contributed by atoms with Crippen molar-refractivity contribution in [1.29, 1.82) is 0 Å². The molecule has 0 atom stereocenters. The van der Waals surface area contributed by atoms with Crippen molar-refractivity contribution in [3.8, 4) is 5.75 Å². The van der Waals surface area contributed by atoms with E-state index in [1.54, 1.807) is 30.1 Å². The van der Waals surface area contributed by atoms with E-state index in [1.807, 2.05) is 24.3 Å². The summed E-state index contributed by atoms with van der Waals surface area (Å²) in [7, 11) is 3.38. The van der Waals surface area contributed by atoms with E-state index >= 15 is 0 Å². The summed E-state index contributed by atoms with van der Waals surface area (Å²) in [5.74, 6) is 0.994. The zero-order valence-electron chi connectivity index (χ0n) is 17.2. The molecule has 0 radical (unpaired) electrons. The van der Waals surface area contributed by atoms with Crippen LogP contribution >= 0.6 is 23.1 Å². The lowest BCUT2D eigenvalue weighted by Gasteiger charge is -2.11. The number of fused-ring (bicyclic) bond motifs is 3. The third kappa shape index (κ3) is 4.39. The van der Waals surface area contributed by atoms with E-state index in [0.29, 0.717) is 11.7 Å². The molecular weight excluding hydrogens is 418 g/mol. The fourth-order valence-electron chi connectivity index (χ4n) is 3.72. The van der Waals surface area contributed by atoms with E-state index < -0.39 is 0 Å². The van der Waals surface area contributed by atoms with Gasteiger partial charge in [0.25, 0.3) is 5.56 Å². The van der Waals surface area contributed by atoms with Gasteiger partial charge in [-0.2, -0.15) is 0 Å². The molecule has 4 rings (SSSR count). The minimum Gasteiger partial charge on any atom is -0.497 e. The molecule has 6 nitrogen and oxygen atoms in total. The quantitative estimate of drug-likeness (QED) is 0.448. The highest BCUT2D eigenvalue weighted by Gasteiger charge is 2.21. The molecule has 1 aromatic carbocycles. The SMILES string of the molecule is COc1ccc(CCNC(=O)CSc2nc3sc4c(c3c(=O)n2C)CCCC4)cc1. The van der Waals surface area contributed by atoms with Gasteiger partial charge in [-0.3, -0.25) is 14.2 Å². The number of methoxy groups -OCH3 is 1. The maximum Gasteiger partial charge on any atom is 0.262 e. The lowest BCUT2D eigenvalue weighted by Crippen LogP contribution is -2.28. The number of carbonyl (C=O) groups is 1. The number of nitrogens with one attached hydrogen (secondary N) is 1. The smallest absolute Gasteiger partial charge is 0.262 e. The van der Waals surface area contributed by atoms with Crippen LogP contribution in [0.1, 0.15) is 28.8 Å². The van der Waals surface area contributed by atoms with Gasteiger partial charge in [-0.05, 0) is 55.4 Å². The Labute approximate surface area is 183 Å². The molecule has 158 valence electrons. The summed E-state index contributed by atoms with van der Waals surface area (Å²) in [5, 5.41) is 4.31. The van der Waals surface area contributed by atoms with E-state index in [9.17, 15) is 9.59 Å². The molecule has 2 aromatic heterocycles. The number of rotatable bonds is 7. The van der Waals surface area contributed by atoms with Gasteiger partial charge in [0.1, 0.15) is 10.6 Å². The van der Waals surface area contributed by atoms with Gasteiger partial charge >= 0.3 is 0 Å². The molecular formula is C22H25N3O3S2. The van der Waals surface area contributed by atoms with Crippen molar-refractivity contribution < 1.29 is 9.53 Å². The average Bonchev–Trinajstić information content (AvgIpc) is 3.14. The van der Waals surface area contributed by atoms with Gasteiger partial charge < -0.3 is 10.1 Å². The monoisotopic (exact) mass is 443 g/mol. The van der Waals surface area contributed by atoms with Crippen molar-refractivity contribution in [2.45, 2.75) is 37.3 Å². The number of hydrogen-bond donors (Lipinski definition) is 1. The molecule has 1 N–H and O–H groups in total. The first kappa shape index (κ1) is 20.9. The first-order valence-electron chi connectivity index (χ1n) is 10.1. The summed E-state index contributed by atoms with van der Waals surface area (Å²) < 4.78 is 6.73. The van der Waals surface area contributed by atoms with Crippen LogP contribution in [0.15, 0.2) is 34.2 Å². The Morgan fingerprint density at radius 2 is 2.03 bits per heavy atom. The van der Waals surface area contributed by atoms with Crippen LogP contribution in [0.4, 0.5) is 0 Å². The minimum absolute atomic E-state index is 0.00168. The van der Waals surface area contributed by atoms with Crippen molar-refractivity contribution in [3.63, 3.8) is 0 Å². The van der Waals surface area contributed by atoms with Crippen LogP contribution in [0.25, 0.3) is 10.2 Å². The molecule has 0 spiro atoms. The second-order valence-corrected chi connectivity index (χ2v) is 9.41. The molecule has 1 aliphatic rings. The topological polar surface area (TPSA) is 73.2 Å². The first-order valence-corrected chi connectivity index (χ1v) is 11.9. The van der Waals surface area contributed by atoms with Gasteiger partial charge in [-0.15, -0.1) is 11.3 Å². The number of carbonyl (C=O) groups excluding carboxylic acids is 1. The largest absolute Gasteiger partial charge is 0.497 e. The van der Waals surface area contributed by atoms with Gasteiger partial charge in [0, 0.05) is 18.5 Å². The van der Waals surface area contributed by atoms with Crippen LogP contribution in [-0.4, -0.2) is 34.9 Å². The number of ether oxygens (including phenoxy) is 1. The summed E-state index contributed by atoms with van der Waals surface area (Å²) in [6, 6.07) is 7.82. The fraction of sp³-hybridized carbons (Fsp3) is 0.409. The Bertz CT molecular complexity index is 1120. The Balaban J connectivity index is 1.36. The van der Waals surface area contributed by atoms with Crippen LogP contribution in [-0.2, 0) is 31.1 Å². The minimum atomic E-state index is -0.0617. The maximum absolute atomic E-state index is 12.9. The second kappa shape index (κ2) is 9.22. The van der Waals surface area contributed by atoms with E-state index in [1.165, 1.54) is 28.6 Å². The summed E-state index contributed by atoms with van der Waals surface area (Å²) >= 11 is 2.95. The molecule has 8 heteroatoms. The summed E-state index contributed by atoms with van der Waals surface area (Å²) in [4.78, 5) is 32.0. The molecule has 1 amide bonds. The van der Waals surface area contributed by atoms with Gasteiger partial charge in [0.2, 0.25) is 5.91 Å². The van der Waals surface area contributed by atoms with E-state index in [-0.39, 0.29) is 17.2 Å². The van der Waals surface area contributed by atoms with Crippen molar-refractivity contribution in [3.05, 3.63) is 50.6 Å². The fourth-order valence-corrected chi connectivity index (χ4v) is 5.82. The number of amides is 1. The Hall–Kier alpha value is -2.32. The van der Waals surface area contributed by atoms with Crippen LogP contribution in [0.2, 0.25) is 0 Å². The standard InChI is InChI=1S/C22H25N3O3S2/c1-25-21(27)19-16-5-3-4-6-17(16)30-20(19)24-22(25)29-13-18(26)23-12-11-14-7-9-15(28-2)10-8-14/h7-10H,3-6,11-13H2,1-2H3,(H,23,26). The van der Waals surface area contributed by atoms with E-state index in [2.05, 4.69) is 5.32 Å². The number of aryl methyl sites for hydroxylation is 2. The molecule has 0 saturated carbocycles. The molecule has 30 heavy (non-hydrogen) atoms. The highest BCUT2D eigenvalue weighted by molar-refractivity contribution is 7.99. The third-order valence-corrected chi connectivity index (χ3v) is 7.60. The molecule has 0 unspecified atom stereocenters. The molecule has 1 aliphatic carbocycles. The molecule has 0 bridgehead atoms. The Morgan fingerprint density at radius 3 is 2.80 bits per heavy atom. The number of benzene rings is 1. The first-order chi connectivity index (χ1) is 14.6. The van der Waals surface area contributed by atoms with Gasteiger partial charge in [0.05, 0.1) is 18.2 Å². The predicted octanol–water partition coefficient (Wildman–Crippen LogP) is 3.33. The van der Waals surface area contributed by atoms with Crippen molar-refractivity contribution >= 4 is 39.2 Å². The molecule has 2 heterocycles. The van der Waals surface area contributed by atoms with E-state index in [4.69, 9.17) is 9.72 Å². The summed E-state index contributed by atoms with van der Waals surface area (Å²) in [5.41, 5.74) is 2.34. The zero-order chi connectivity index (χ0) is 21.1. The number of aromatic nitrogens is 2. The molecule has 0 saturated heterocycles. The van der Waals surface area contributed by atoms with Crippen LogP contribution in [0.3, 0.4) is 0 Å².